The second-order valence-electron chi connectivity index (χ2n) is 4.25. The molecule has 5 nitrogen and oxygen atoms in total. The maximum absolute atomic E-state index is 11.9. The summed E-state index contributed by atoms with van der Waals surface area (Å²) in [6, 6.07) is -0.244. The molecule has 0 saturated carbocycles. The average molecular weight is 270 g/mol. The van der Waals surface area contributed by atoms with E-state index >= 15 is 0 Å². The molecule has 1 aliphatic heterocycles. The maximum Gasteiger partial charge on any atom is 0.405 e. The minimum absolute atomic E-state index is 0.0995. The normalized spacial score (nSPS) is 25.4. The molecule has 1 aliphatic rings. The standard InChI is InChI=1S/C10H17F3N2O3/c1-18-8-2-7(5-16)15(3-8)4-9(17)14-6-10(11,12)13/h7-8,16H,2-6H2,1H3,(H,14,17)/t7-,8+/m0/s1. The van der Waals surface area contributed by atoms with Crippen LogP contribution in [0, 0.1) is 0 Å². The predicted octanol–water partition coefficient (Wildman–Crippen LogP) is -0.254. The van der Waals surface area contributed by atoms with Gasteiger partial charge in [-0.05, 0) is 6.42 Å². The summed E-state index contributed by atoms with van der Waals surface area (Å²) in [4.78, 5) is 13.0. The van der Waals surface area contributed by atoms with Gasteiger partial charge < -0.3 is 15.2 Å². The molecule has 0 aromatic carbocycles. The molecule has 1 fully saturated rings. The van der Waals surface area contributed by atoms with Gasteiger partial charge in [-0.2, -0.15) is 13.2 Å². The number of rotatable bonds is 5. The third kappa shape index (κ3) is 4.79. The Labute approximate surface area is 103 Å². The van der Waals surface area contributed by atoms with E-state index in [1.807, 2.05) is 0 Å². The van der Waals surface area contributed by atoms with Crippen molar-refractivity contribution in [3.63, 3.8) is 0 Å². The molecular formula is C10H17F3N2O3. The molecule has 1 saturated heterocycles. The Hall–Kier alpha value is -0.860. The number of methoxy groups -OCH3 is 1. The molecule has 0 aromatic rings. The van der Waals surface area contributed by atoms with Crippen molar-refractivity contribution in [1.29, 1.82) is 0 Å². The largest absolute Gasteiger partial charge is 0.405 e. The van der Waals surface area contributed by atoms with Crippen molar-refractivity contribution in [2.75, 3.05) is 33.4 Å². The number of likely N-dealkylation sites (tertiary alicyclic amines) is 1. The summed E-state index contributed by atoms with van der Waals surface area (Å²) in [5.74, 6) is -0.706. The Balaban J connectivity index is 2.39. The van der Waals surface area contributed by atoms with Gasteiger partial charge >= 0.3 is 6.18 Å². The highest BCUT2D eigenvalue weighted by molar-refractivity contribution is 5.78. The first-order chi connectivity index (χ1) is 8.35. The molecule has 2 atom stereocenters. The summed E-state index contributed by atoms with van der Waals surface area (Å²) in [7, 11) is 1.52. The molecule has 1 rings (SSSR count). The van der Waals surface area contributed by atoms with E-state index in [2.05, 4.69) is 0 Å². The van der Waals surface area contributed by atoms with Gasteiger partial charge in [0.25, 0.3) is 0 Å². The van der Waals surface area contributed by atoms with Crippen LogP contribution in [0.15, 0.2) is 0 Å². The molecule has 8 heteroatoms. The van der Waals surface area contributed by atoms with Crippen molar-refractivity contribution in [1.82, 2.24) is 10.2 Å². The van der Waals surface area contributed by atoms with Crippen LogP contribution in [0.5, 0.6) is 0 Å². The van der Waals surface area contributed by atoms with Crippen LogP contribution in [-0.4, -0.2) is 67.6 Å². The van der Waals surface area contributed by atoms with Crippen LogP contribution in [0.3, 0.4) is 0 Å². The SMILES string of the molecule is CO[C@@H]1C[C@@H](CO)N(CC(=O)NCC(F)(F)F)C1. The van der Waals surface area contributed by atoms with Crippen molar-refractivity contribution < 1.29 is 27.8 Å². The first kappa shape index (κ1) is 15.2. The van der Waals surface area contributed by atoms with Crippen LogP contribution in [0.4, 0.5) is 13.2 Å². The summed E-state index contributed by atoms with van der Waals surface area (Å²) < 4.78 is 40.8. The third-order valence-corrected chi connectivity index (χ3v) is 2.87. The van der Waals surface area contributed by atoms with Gasteiger partial charge in [0, 0.05) is 19.7 Å². The van der Waals surface area contributed by atoms with Crippen molar-refractivity contribution in [3.8, 4) is 0 Å². The fourth-order valence-corrected chi connectivity index (χ4v) is 1.93. The monoisotopic (exact) mass is 270 g/mol. The first-order valence-corrected chi connectivity index (χ1v) is 5.57. The number of ether oxygens (including phenoxy) is 1. The van der Waals surface area contributed by atoms with Gasteiger partial charge in [0.1, 0.15) is 6.54 Å². The molecule has 0 aliphatic carbocycles. The van der Waals surface area contributed by atoms with Crippen molar-refractivity contribution in [3.05, 3.63) is 0 Å². The summed E-state index contributed by atoms with van der Waals surface area (Å²) in [5, 5.41) is 10.9. The zero-order valence-electron chi connectivity index (χ0n) is 10.0. The number of nitrogens with one attached hydrogen (secondary N) is 1. The Morgan fingerprint density at radius 2 is 2.22 bits per heavy atom. The lowest BCUT2D eigenvalue weighted by molar-refractivity contribution is -0.139. The zero-order chi connectivity index (χ0) is 13.8. The van der Waals surface area contributed by atoms with E-state index in [4.69, 9.17) is 9.84 Å². The number of hydrogen-bond donors (Lipinski definition) is 2. The average Bonchev–Trinajstić information content (AvgIpc) is 2.68. The van der Waals surface area contributed by atoms with E-state index in [0.717, 1.165) is 0 Å². The summed E-state index contributed by atoms with van der Waals surface area (Å²) in [6.45, 7) is -1.22. The number of aliphatic hydroxyl groups is 1. The quantitative estimate of drug-likeness (QED) is 0.723. The van der Waals surface area contributed by atoms with Crippen LogP contribution in [0.25, 0.3) is 0 Å². The van der Waals surface area contributed by atoms with Gasteiger partial charge in [-0.25, -0.2) is 0 Å². The van der Waals surface area contributed by atoms with Crippen molar-refractivity contribution in [2.24, 2.45) is 0 Å². The number of amides is 1. The maximum atomic E-state index is 11.9. The molecule has 1 heterocycles. The van der Waals surface area contributed by atoms with Crippen molar-refractivity contribution >= 4 is 5.91 Å². The Morgan fingerprint density at radius 1 is 1.56 bits per heavy atom. The lowest BCUT2D eigenvalue weighted by Crippen LogP contribution is -2.43. The van der Waals surface area contributed by atoms with Gasteiger partial charge in [-0.15, -0.1) is 0 Å². The lowest BCUT2D eigenvalue weighted by atomic mass is 10.2. The summed E-state index contributed by atoms with van der Waals surface area (Å²) in [5.41, 5.74) is 0. The van der Waals surface area contributed by atoms with E-state index in [9.17, 15) is 18.0 Å². The van der Waals surface area contributed by atoms with Crippen molar-refractivity contribution in [2.45, 2.75) is 24.7 Å². The highest BCUT2D eigenvalue weighted by Crippen LogP contribution is 2.19. The topological polar surface area (TPSA) is 61.8 Å². The van der Waals surface area contributed by atoms with E-state index in [1.165, 1.54) is 7.11 Å². The Morgan fingerprint density at radius 3 is 2.72 bits per heavy atom. The highest BCUT2D eigenvalue weighted by atomic mass is 19.4. The van der Waals surface area contributed by atoms with Crippen LogP contribution in [0.2, 0.25) is 0 Å². The molecule has 106 valence electrons. The molecule has 2 N–H and O–H groups in total. The predicted molar refractivity (Wildman–Crippen MR) is 56.9 cm³/mol. The summed E-state index contributed by atoms with van der Waals surface area (Å²) >= 11 is 0. The van der Waals surface area contributed by atoms with Crippen LogP contribution in [-0.2, 0) is 9.53 Å². The molecule has 1 amide bonds. The number of hydrogen-bond acceptors (Lipinski definition) is 4. The van der Waals surface area contributed by atoms with E-state index in [0.29, 0.717) is 13.0 Å². The molecule has 0 aromatic heterocycles. The minimum Gasteiger partial charge on any atom is -0.395 e. The molecule has 18 heavy (non-hydrogen) atoms. The van der Waals surface area contributed by atoms with Crippen LogP contribution < -0.4 is 5.32 Å². The van der Waals surface area contributed by atoms with Crippen LogP contribution >= 0.6 is 0 Å². The van der Waals surface area contributed by atoms with Crippen LogP contribution in [0.1, 0.15) is 6.42 Å². The number of halogens is 3. The van der Waals surface area contributed by atoms with E-state index in [-0.39, 0.29) is 25.3 Å². The lowest BCUT2D eigenvalue weighted by Gasteiger charge is -2.21. The fraction of sp³-hybridized carbons (Fsp3) is 0.900. The highest BCUT2D eigenvalue weighted by Gasteiger charge is 2.33. The smallest absolute Gasteiger partial charge is 0.395 e. The van der Waals surface area contributed by atoms with E-state index < -0.39 is 18.6 Å². The number of alkyl halides is 3. The second-order valence-corrected chi connectivity index (χ2v) is 4.25. The van der Waals surface area contributed by atoms with Gasteiger partial charge in [-0.3, -0.25) is 9.69 Å². The summed E-state index contributed by atoms with van der Waals surface area (Å²) in [6.07, 6.45) is -3.94. The minimum atomic E-state index is -4.41. The second kappa shape index (κ2) is 6.35. The first-order valence-electron chi connectivity index (χ1n) is 5.57. The Kier molecular flexibility index (Phi) is 5.36. The van der Waals surface area contributed by atoms with Gasteiger partial charge in [0.15, 0.2) is 0 Å². The number of aliphatic hydroxyl groups excluding tert-OH is 1. The van der Waals surface area contributed by atoms with Gasteiger partial charge in [0.2, 0.25) is 5.91 Å². The van der Waals surface area contributed by atoms with E-state index in [1.54, 1.807) is 10.2 Å². The van der Waals surface area contributed by atoms with Gasteiger partial charge in [0.05, 0.1) is 19.3 Å². The molecule has 0 radical (unpaired) electrons. The molecule has 0 unspecified atom stereocenters. The molecule has 0 bridgehead atoms. The third-order valence-electron chi connectivity index (χ3n) is 2.87. The zero-order valence-corrected chi connectivity index (χ0v) is 10.0. The number of carbonyl (C=O) groups excluding carboxylic acids is 1. The number of nitrogens with zero attached hydrogens (tertiary/aromatic N) is 1. The Bertz CT molecular complexity index is 286. The number of carbonyl (C=O) groups is 1. The van der Waals surface area contributed by atoms with Gasteiger partial charge in [-0.1, -0.05) is 0 Å². The molecular weight excluding hydrogens is 253 g/mol. The molecule has 0 spiro atoms. The fourth-order valence-electron chi connectivity index (χ4n) is 1.93.